The van der Waals surface area contributed by atoms with Gasteiger partial charge in [0.05, 0.1) is 23.5 Å². The van der Waals surface area contributed by atoms with Gasteiger partial charge in [-0.25, -0.2) is 14.3 Å². The molecule has 0 radical (unpaired) electrons. The Morgan fingerprint density at radius 2 is 1.88 bits per heavy atom. The second-order valence-corrected chi connectivity index (χ2v) is 8.22. The molecule has 34 heavy (non-hydrogen) atoms. The van der Waals surface area contributed by atoms with Gasteiger partial charge in [-0.1, -0.05) is 0 Å². The lowest BCUT2D eigenvalue weighted by Crippen LogP contribution is -2.52. The number of hydrogen-bond acceptors (Lipinski definition) is 6. The van der Waals surface area contributed by atoms with Crippen LogP contribution in [0.3, 0.4) is 0 Å². The van der Waals surface area contributed by atoms with Gasteiger partial charge in [-0.3, -0.25) is 4.68 Å². The Morgan fingerprint density at radius 3 is 2.53 bits per heavy atom. The minimum absolute atomic E-state index is 0.0166. The minimum atomic E-state index is -0.0166. The molecule has 4 aromatic heterocycles. The lowest BCUT2D eigenvalue weighted by Gasteiger charge is -2.35. The van der Waals surface area contributed by atoms with E-state index in [1.165, 1.54) is 0 Å². The lowest BCUT2D eigenvalue weighted by molar-refractivity contribution is 0.195. The summed E-state index contributed by atoms with van der Waals surface area (Å²) in [7, 11) is 1.88. The Labute approximate surface area is 197 Å². The Hall–Kier alpha value is -4.39. The molecule has 1 N–H and O–H groups in total. The molecule has 0 atom stereocenters. The topological polar surface area (TPSA) is 107 Å². The van der Waals surface area contributed by atoms with Crippen molar-refractivity contribution in [1.82, 2.24) is 34.6 Å². The number of aromatic nitrogens is 5. The fourth-order valence-electron chi connectivity index (χ4n) is 4.29. The molecule has 1 aliphatic rings. The summed E-state index contributed by atoms with van der Waals surface area (Å²) in [5.41, 5.74) is 4.97. The van der Waals surface area contributed by atoms with Gasteiger partial charge in [0.25, 0.3) is 0 Å². The van der Waals surface area contributed by atoms with Crippen LogP contribution >= 0.6 is 0 Å². The lowest BCUT2D eigenvalue weighted by atomic mass is 10.0. The van der Waals surface area contributed by atoms with Crippen molar-refractivity contribution in [3.05, 3.63) is 54.7 Å². The molecule has 0 saturated carbocycles. The van der Waals surface area contributed by atoms with E-state index >= 15 is 0 Å². The molecule has 172 valence electrons. The maximum Gasteiger partial charge on any atom is 0.317 e. The number of piperazine rings is 1. The van der Waals surface area contributed by atoms with E-state index in [4.69, 9.17) is 4.98 Å². The van der Waals surface area contributed by atoms with Crippen LogP contribution in [0.15, 0.2) is 49.2 Å². The third-order valence-electron chi connectivity index (χ3n) is 6.05. The zero-order valence-electron chi connectivity index (χ0n) is 19.1. The fourth-order valence-corrected chi connectivity index (χ4v) is 4.29. The molecular formula is C24H25N9O. The standard InChI is InChI=1S/C24H25N9O/c1-3-26-24(34)32-8-6-31(7-9-32)22-5-4-17(12-27-22)21-10-18(20-14-28-30(2)15-20)16-33-23(21)19(11-25)13-29-33/h4-5,10,12-16H,3,6-9H2,1-2H3,(H,26,34). The van der Waals surface area contributed by atoms with Crippen molar-refractivity contribution in [1.29, 1.82) is 5.26 Å². The molecular weight excluding hydrogens is 430 g/mol. The zero-order chi connectivity index (χ0) is 23.7. The van der Waals surface area contributed by atoms with Crippen molar-refractivity contribution >= 4 is 17.4 Å². The van der Waals surface area contributed by atoms with E-state index < -0.39 is 0 Å². The molecule has 0 aromatic carbocycles. The molecule has 0 unspecified atom stereocenters. The first-order valence-electron chi connectivity index (χ1n) is 11.2. The van der Waals surface area contributed by atoms with Crippen LogP contribution in [0.4, 0.5) is 10.6 Å². The van der Waals surface area contributed by atoms with Gasteiger partial charge in [0.1, 0.15) is 11.9 Å². The van der Waals surface area contributed by atoms with Crippen LogP contribution in [0, 0.1) is 11.3 Å². The van der Waals surface area contributed by atoms with Gasteiger partial charge in [0.2, 0.25) is 0 Å². The number of anilines is 1. The summed E-state index contributed by atoms with van der Waals surface area (Å²) in [6, 6.07) is 8.29. The molecule has 10 heteroatoms. The van der Waals surface area contributed by atoms with Crippen molar-refractivity contribution in [3.63, 3.8) is 0 Å². The minimum Gasteiger partial charge on any atom is -0.353 e. The predicted octanol–water partition coefficient (Wildman–Crippen LogP) is 2.52. The molecule has 5 rings (SSSR count). The number of amides is 2. The van der Waals surface area contributed by atoms with Crippen LogP contribution in [0.2, 0.25) is 0 Å². The summed E-state index contributed by atoms with van der Waals surface area (Å²) in [5.74, 6) is 0.868. The van der Waals surface area contributed by atoms with Crippen molar-refractivity contribution in [2.45, 2.75) is 6.92 Å². The van der Waals surface area contributed by atoms with E-state index in [0.717, 1.165) is 46.7 Å². The average molecular weight is 456 g/mol. The summed E-state index contributed by atoms with van der Waals surface area (Å²) in [6.45, 7) is 5.32. The number of carbonyl (C=O) groups excluding carboxylic acids is 1. The Balaban J connectivity index is 1.44. The molecule has 10 nitrogen and oxygen atoms in total. The van der Waals surface area contributed by atoms with Crippen LogP contribution in [0.5, 0.6) is 0 Å². The van der Waals surface area contributed by atoms with E-state index in [1.54, 1.807) is 21.6 Å². The number of pyridine rings is 2. The van der Waals surface area contributed by atoms with Crippen molar-refractivity contribution in [2.75, 3.05) is 37.6 Å². The largest absolute Gasteiger partial charge is 0.353 e. The number of hydrogen-bond donors (Lipinski definition) is 1. The van der Waals surface area contributed by atoms with Gasteiger partial charge in [0, 0.05) is 80.6 Å². The first-order valence-corrected chi connectivity index (χ1v) is 11.2. The smallest absolute Gasteiger partial charge is 0.317 e. The van der Waals surface area contributed by atoms with Gasteiger partial charge in [-0.05, 0) is 25.1 Å². The maximum atomic E-state index is 12.1. The maximum absolute atomic E-state index is 12.1. The molecule has 1 fully saturated rings. The summed E-state index contributed by atoms with van der Waals surface area (Å²) in [5, 5.41) is 21.1. The van der Waals surface area contributed by atoms with Gasteiger partial charge in [0.15, 0.2) is 0 Å². The molecule has 2 amide bonds. The monoisotopic (exact) mass is 455 g/mol. The van der Waals surface area contributed by atoms with E-state index in [9.17, 15) is 10.1 Å². The molecule has 0 spiro atoms. The predicted molar refractivity (Wildman–Crippen MR) is 128 cm³/mol. The summed E-state index contributed by atoms with van der Waals surface area (Å²) in [6.07, 6.45) is 9.08. The van der Waals surface area contributed by atoms with Crippen LogP contribution in [-0.2, 0) is 7.05 Å². The quantitative estimate of drug-likeness (QED) is 0.507. The highest BCUT2D eigenvalue weighted by molar-refractivity contribution is 5.87. The summed E-state index contributed by atoms with van der Waals surface area (Å²) in [4.78, 5) is 20.8. The second-order valence-electron chi connectivity index (χ2n) is 8.22. The molecule has 1 saturated heterocycles. The molecule has 0 aliphatic carbocycles. The average Bonchev–Trinajstić information content (AvgIpc) is 3.50. The zero-order valence-corrected chi connectivity index (χ0v) is 19.1. The molecule has 4 aromatic rings. The highest BCUT2D eigenvalue weighted by Gasteiger charge is 2.22. The third-order valence-corrected chi connectivity index (χ3v) is 6.05. The van der Waals surface area contributed by atoms with E-state index in [1.807, 2.05) is 49.6 Å². The van der Waals surface area contributed by atoms with Gasteiger partial charge in [-0.15, -0.1) is 0 Å². The fraction of sp³-hybridized carbons (Fsp3) is 0.292. The van der Waals surface area contributed by atoms with Crippen molar-refractivity contribution in [2.24, 2.45) is 7.05 Å². The molecule has 5 heterocycles. The second kappa shape index (κ2) is 8.86. The number of nitrogens with zero attached hydrogens (tertiary/aromatic N) is 8. The number of fused-ring (bicyclic) bond motifs is 1. The van der Waals surface area contributed by atoms with Crippen LogP contribution in [-0.4, -0.2) is 68.0 Å². The van der Waals surface area contributed by atoms with Gasteiger partial charge in [-0.2, -0.15) is 15.5 Å². The number of nitrogens with one attached hydrogen (secondary N) is 1. The first-order chi connectivity index (χ1) is 16.6. The van der Waals surface area contributed by atoms with Crippen LogP contribution in [0.25, 0.3) is 27.8 Å². The number of nitriles is 1. The summed E-state index contributed by atoms with van der Waals surface area (Å²) < 4.78 is 3.50. The highest BCUT2D eigenvalue weighted by Crippen LogP contribution is 2.32. The Kier molecular flexibility index (Phi) is 5.59. The van der Waals surface area contributed by atoms with Gasteiger partial charge >= 0.3 is 6.03 Å². The highest BCUT2D eigenvalue weighted by atomic mass is 16.2. The van der Waals surface area contributed by atoms with E-state index in [0.29, 0.717) is 25.2 Å². The summed E-state index contributed by atoms with van der Waals surface area (Å²) >= 11 is 0. The normalized spacial score (nSPS) is 13.8. The number of rotatable bonds is 4. The molecule has 0 bridgehead atoms. The SMILES string of the molecule is CCNC(=O)N1CCN(c2ccc(-c3cc(-c4cnn(C)c4)cn4ncc(C#N)c34)cn2)CC1. The van der Waals surface area contributed by atoms with E-state index in [2.05, 4.69) is 32.5 Å². The van der Waals surface area contributed by atoms with Crippen LogP contribution in [0.1, 0.15) is 12.5 Å². The molecule has 1 aliphatic heterocycles. The van der Waals surface area contributed by atoms with E-state index in [-0.39, 0.29) is 6.03 Å². The van der Waals surface area contributed by atoms with Gasteiger partial charge < -0.3 is 15.1 Å². The third kappa shape index (κ3) is 3.92. The number of urea groups is 1. The van der Waals surface area contributed by atoms with Crippen LogP contribution < -0.4 is 10.2 Å². The first kappa shape index (κ1) is 21.5. The number of carbonyl (C=O) groups is 1. The van der Waals surface area contributed by atoms with Crippen molar-refractivity contribution < 1.29 is 4.79 Å². The number of aryl methyl sites for hydroxylation is 1. The Bertz CT molecular complexity index is 1370. The Morgan fingerprint density at radius 1 is 1.06 bits per heavy atom. The van der Waals surface area contributed by atoms with Crippen molar-refractivity contribution in [3.8, 4) is 28.3 Å².